The van der Waals surface area contributed by atoms with Crippen LogP contribution in [0.3, 0.4) is 0 Å². The Morgan fingerprint density at radius 1 is 1.16 bits per heavy atom. The molecule has 0 saturated heterocycles. The largest absolute Gasteiger partial charge is 0.370 e. The van der Waals surface area contributed by atoms with E-state index in [-0.39, 0.29) is 0 Å². The minimum Gasteiger partial charge on any atom is -0.370 e. The minimum atomic E-state index is -3.23. The molecule has 1 aliphatic rings. The number of hydrogen-bond donors (Lipinski definition) is 0. The quantitative estimate of drug-likeness (QED) is 0.842. The number of rotatable bonds is 4. The lowest BCUT2D eigenvalue weighted by Gasteiger charge is -2.26. The molecule has 1 aliphatic heterocycles. The van der Waals surface area contributed by atoms with Crippen molar-refractivity contribution in [2.24, 2.45) is 5.92 Å². The Labute approximate surface area is 150 Å². The lowest BCUT2D eigenvalue weighted by molar-refractivity contribution is 0.420. The zero-order chi connectivity index (χ0) is 18.0. The molecule has 2 heterocycles. The number of anilines is 1. The zero-order valence-electron chi connectivity index (χ0n) is 15.0. The van der Waals surface area contributed by atoms with Gasteiger partial charge in [0.1, 0.15) is 0 Å². The summed E-state index contributed by atoms with van der Waals surface area (Å²) in [5.74, 6) is 0.508. The molecule has 3 rings (SSSR count). The standard InChI is InChI=1S/C19H25N3O2S/c1-15(2)13-21-10-11-22(25(3,23)24)14-17-12-16(7-8-19(17)21)18-6-4-5-9-20-18/h4-9,12,15H,10-11,13-14H2,1-3H3. The van der Waals surface area contributed by atoms with E-state index in [2.05, 4.69) is 41.9 Å². The van der Waals surface area contributed by atoms with Crippen LogP contribution in [0.4, 0.5) is 5.69 Å². The van der Waals surface area contributed by atoms with E-state index in [4.69, 9.17) is 0 Å². The highest BCUT2D eigenvalue weighted by molar-refractivity contribution is 7.88. The van der Waals surface area contributed by atoms with Crippen LogP contribution in [0, 0.1) is 5.92 Å². The van der Waals surface area contributed by atoms with Crippen molar-refractivity contribution in [2.45, 2.75) is 20.4 Å². The molecule has 5 nitrogen and oxygen atoms in total. The minimum absolute atomic E-state index is 0.406. The number of sulfonamides is 1. The molecular weight excluding hydrogens is 334 g/mol. The first-order valence-corrected chi connectivity index (χ1v) is 10.4. The number of fused-ring (bicyclic) bond motifs is 1. The molecule has 134 valence electrons. The second kappa shape index (κ2) is 7.14. The van der Waals surface area contributed by atoms with Crippen LogP contribution in [0.2, 0.25) is 0 Å². The normalized spacial score (nSPS) is 15.9. The summed E-state index contributed by atoms with van der Waals surface area (Å²) in [5, 5.41) is 0. The first-order chi connectivity index (χ1) is 11.8. The predicted octanol–water partition coefficient (Wildman–Crippen LogP) is 2.99. The van der Waals surface area contributed by atoms with Crippen molar-refractivity contribution in [3.05, 3.63) is 48.2 Å². The maximum absolute atomic E-state index is 12.1. The summed E-state index contributed by atoms with van der Waals surface area (Å²) in [7, 11) is -3.23. The number of aromatic nitrogens is 1. The first-order valence-electron chi connectivity index (χ1n) is 8.59. The molecule has 0 saturated carbocycles. The van der Waals surface area contributed by atoms with Gasteiger partial charge in [0.15, 0.2) is 0 Å². The summed E-state index contributed by atoms with van der Waals surface area (Å²) in [4.78, 5) is 6.71. The average Bonchev–Trinajstić information content (AvgIpc) is 2.74. The van der Waals surface area contributed by atoms with Gasteiger partial charge in [-0.25, -0.2) is 8.42 Å². The fourth-order valence-corrected chi connectivity index (χ4v) is 4.04. The lowest BCUT2D eigenvalue weighted by atomic mass is 10.0. The molecule has 6 heteroatoms. The lowest BCUT2D eigenvalue weighted by Crippen LogP contribution is -2.36. The van der Waals surface area contributed by atoms with Gasteiger partial charge >= 0.3 is 0 Å². The Balaban J connectivity index is 2.04. The van der Waals surface area contributed by atoms with Gasteiger partial charge in [0.05, 0.1) is 11.9 Å². The summed E-state index contributed by atoms with van der Waals surface area (Å²) in [6, 6.07) is 12.1. The molecule has 0 aliphatic carbocycles. The van der Waals surface area contributed by atoms with Crippen molar-refractivity contribution in [1.29, 1.82) is 0 Å². The predicted molar refractivity (Wildman–Crippen MR) is 102 cm³/mol. The molecule has 0 fully saturated rings. The monoisotopic (exact) mass is 359 g/mol. The van der Waals surface area contributed by atoms with Gasteiger partial charge in [-0.15, -0.1) is 0 Å². The summed E-state index contributed by atoms with van der Waals surface area (Å²) < 4.78 is 25.8. The van der Waals surface area contributed by atoms with Crippen molar-refractivity contribution >= 4 is 15.7 Å². The van der Waals surface area contributed by atoms with Crippen LogP contribution in [0.5, 0.6) is 0 Å². The Hall–Kier alpha value is -1.92. The van der Waals surface area contributed by atoms with E-state index in [9.17, 15) is 8.42 Å². The zero-order valence-corrected chi connectivity index (χ0v) is 15.8. The van der Waals surface area contributed by atoms with Crippen LogP contribution in [0.15, 0.2) is 42.6 Å². The molecule has 2 aromatic rings. The molecule has 25 heavy (non-hydrogen) atoms. The van der Waals surface area contributed by atoms with Crippen LogP contribution in [0.25, 0.3) is 11.3 Å². The highest BCUT2D eigenvalue weighted by Gasteiger charge is 2.25. The summed E-state index contributed by atoms with van der Waals surface area (Å²) in [5.41, 5.74) is 4.07. The second-order valence-corrected chi connectivity index (χ2v) is 8.98. The van der Waals surface area contributed by atoms with Crippen molar-refractivity contribution in [2.75, 3.05) is 30.8 Å². The third-order valence-corrected chi connectivity index (χ3v) is 5.65. The third kappa shape index (κ3) is 4.19. The molecule has 0 bridgehead atoms. The van der Waals surface area contributed by atoms with E-state index in [1.54, 1.807) is 10.5 Å². The van der Waals surface area contributed by atoms with Crippen LogP contribution in [-0.2, 0) is 16.6 Å². The van der Waals surface area contributed by atoms with E-state index in [0.29, 0.717) is 25.6 Å². The van der Waals surface area contributed by atoms with Crippen molar-refractivity contribution in [1.82, 2.24) is 9.29 Å². The van der Waals surface area contributed by atoms with Gasteiger partial charge in [-0.05, 0) is 35.7 Å². The highest BCUT2D eigenvalue weighted by Crippen LogP contribution is 2.30. The maximum Gasteiger partial charge on any atom is 0.211 e. The molecule has 0 unspecified atom stereocenters. The number of benzene rings is 1. The van der Waals surface area contributed by atoms with Gasteiger partial charge < -0.3 is 4.90 Å². The van der Waals surface area contributed by atoms with Crippen LogP contribution >= 0.6 is 0 Å². The van der Waals surface area contributed by atoms with Gasteiger partial charge in [0.25, 0.3) is 0 Å². The second-order valence-electron chi connectivity index (χ2n) is 6.99. The van der Waals surface area contributed by atoms with Gasteiger partial charge in [0.2, 0.25) is 10.0 Å². The van der Waals surface area contributed by atoms with Crippen molar-refractivity contribution in [3.63, 3.8) is 0 Å². The first kappa shape index (κ1) is 17.9. The number of nitrogens with zero attached hydrogens (tertiary/aromatic N) is 3. The Kier molecular flexibility index (Phi) is 5.11. The molecule has 0 N–H and O–H groups in total. The summed E-state index contributed by atoms with van der Waals surface area (Å²) in [6.07, 6.45) is 3.06. The Morgan fingerprint density at radius 2 is 1.96 bits per heavy atom. The molecular formula is C19H25N3O2S. The summed E-state index contributed by atoms with van der Waals surface area (Å²) >= 11 is 0. The van der Waals surface area contributed by atoms with Crippen LogP contribution < -0.4 is 4.90 Å². The van der Waals surface area contributed by atoms with Crippen molar-refractivity contribution < 1.29 is 8.42 Å². The molecule has 1 aromatic heterocycles. The van der Waals surface area contributed by atoms with Gasteiger partial charge in [-0.3, -0.25) is 4.98 Å². The van der Waals surface area contributed by atoms with Crippen LogP contribution in [-0.4, -0.2) is 43.6 Å². The van der Waals surface area contributed by atoms with Gasteiger partial charge in [-0.2, -0.15) is 4.31 Å². The van der Waals surface area contributed by atoms with E-state index >= 15 is 0 Å². The van der Waals surface area contributed by atoms with E-state index in [1.165, 1.54) is 6.26 Å². The van der Waals surface area contributed by atoms with E-state index in [1.807, 2.05) is 18.2 Å². The smallest absolute Gasteiger partial charge is 0.211 e. The molecule has 0 atom stereocenters. The fraction of sp³-hybridized carbons (Fsp3) is 0.421. The van der Waals surface area contributed by atoms with Crippen molar-refractivity contribution in [3.8, 4) is 11.3 Å². The molecule has 0 radical (unpaired) electrons. The Morgan fingerprint density at radius 3 is 2.60 bits per heavy atom. The Bertz CT molecular complexity index is 835. The fourth-order valence-electron chi connectivity index (χ4n) is 3.25. The van der Waals surface area contributed by atoms with Crippen LogP contribution in [0.1, 0.15) is 19.4 Å². The maximum atomic E-state index is 12.1. The average molecular weight is 359 g/mol. The van der Waals surface area contributed by atoms with E-state index in [0.717, 1.165) is 29.1 Å². The SMILES string of the molecule is CC(C)CN1CCN(S(C)(=O)=O)Cc2cc(-c3ccccn3)ccc21. The molecule has 1 aromatic carbocycles. The number of hydrogen-bond acceptors (Lipinski definition) is 4. The highest BCUT2D eigenvalue weighted by atomic mass is 32.2. The summed E-state index contributed by atoms with van der Waals surface area (Å²) in [6.45, 7) is 6.90. The topological polar surface area (TPSA) is 53.5 Å². The van der Waals surface area contributed by atoms with Gasteiger partial charge in [-0.1, -0.05) is 26.0 Å². The molecule has 0 amide bonds. The van der Waals surface area contributed by atoms with Gasteiger partial charge in [0, 0.05) is 43.6 Å². The van der Waals surface area contributed by atoms with E-state index < -0.39 is 10.0 Å². The third-order valence-electron chi connectivity index (χ3n) is 4.40. The molecule has 0 spiro atoms. The number of pyridine rings is 1.